The average molecular weight is 579 g/mol. The quantitative estimate of drug-likeness (QED) is 0.190. The first-order valence-electron chi connectivity index (χ1n) is 12.4. The van der Waals surface area contributed by atoms with Gasteiger partial charge in [0, 0.05) is 33.7 Å². The summed E-state index contributed by atoms with van der Waals surface area (Å²) in [5.41, 5.74) is 5.26. The Kier molecular flexibility index (Phi) is 6.99. The zero-order valence-corrected chi connectivity index (χ0v) is 22.9. The lowest BCUT2D eigenvalue weighted by Gasteiger charge is -2.15. The van der Waals surface area contributed by atoms with Crippen LogP contribution in [0, 0.1) is 0 Å². The maximum atomic E-state index is 13.7. The second kappa shape index (κ2) is 10.9. The third-order valence-electron chi connectivity index (χ3n) is 6.42. The number of aromatic nitrogens is 1. The molecule has 6 rings (SSSR count). The number of hydrogen-bond acceptors (Lipinski definition) is 3. The predicted molar refractivity (Wildman–Crippen MR) is 161 cm³/mol. The van der Waals surface area contributed by atoms with Gasteiger partial charge in [0.2, 0.25) is 0 Å². The summed E-state index contributed by atoms with van der Waals surface area (Å²) in [6, 6.07) is 36.6. The monoisotopic (exact) mass is 577 g/mol. The van der Waals surface area contributed by atoms with Crippen molar-refractivity contribution in [3.8, 4) is 0 Å². The Balaban J connectivity index is 1.38. The average Bonchev–Trinajstić information content (AvgIpc) is 3.43. The highest BCUT2D eigenvalue weighted by atomic mass is 79.9. The Morgan fingerprint density at radius 2 is 1.42 bits per heavy atom. The number of amidine groups is 1. The molecular formula is C32H24BrN3OS. The smallest absolute Gasteiger partial charge is 0.267 e. The SMILES string of the molecule is O=C1/C(=C\c2cn(Cc3ccc(Br)cc3)c3ccccc23)SC(=Nc2ccccc2)N1Cc1ccccc1. The minimum absolute atomic E-state index is 0.0294. The van der Waals surface area contributed by atoms with E-state index in [9.17, 15) is 4.79 Å². The summed E-state index contributed by atoms with van der Waals surface area (Å²) in [6.07, 6.45) is 4.15. The summed E-state index contributed by atoms with van der Waals surface area (Å²) < 4.78 is 3.31. The molecule has 1 amide bonds. The van der Waals surface area contributed by atoms with Gasteiger partial charge in [-0.05, 0) is 59.3 Å². The van der Waals surface area contributed by atoms with E-state index in [1.165, 1.54) is 17.3 Å². The van der Waals surface area contributed by atoms with Gasteiger partial charge in [0.25, 0.3) is 5.91 Å². The van der Waals surface area contributed by atoms with E-state index in [0.717, 1.165) is 38.7 Å². The summed E-state index contributed by atoms with van der Waals surface area (Å²) >= 11 is 4.95. The minimum Gasteiger partial charge on any atom is -0.342 e. The van der Waals surface area contributed by atoms with Gasteiger partial charge >= 0.3 is 0 Å². The second-order valence-corrected chi connectivity index (χ2v) is 11.0. The molecule has 1 aliphatic heterocycles. The fourth-order valence-corrected chi connectivity index (χ4v) is 5.81. The molecule has 38 heavy (non-hydrogen) atoms. The topological polar surface area (TPSA) is 37.6 Å². The van der Waals surface area contributed by atoms with Crippen molar-refractivity contribution in [3.05, 3.63) is 141 Å². The van der Waals surface area contributed by atoms with Crippen LogP contribution in [0.3, 0.4) is 0 Å². The summed E-state index contributed by atoms with van der Waals surface area (Å²) in [4.78, 5) is 21.0. The number of amides is 1. The lowest BCUT2D eigenvalue weighted by molar-refractivity contribution is -0.122. The van der Waals surface area contributed by atoms with E-state index in [-0.39, 0.29) is 5.91 Å². The van der Waals surface area contributed by atoms with Crippen molar-refractivity contribution in [1.29, 1.82) is 0 Å². The van der Waals surface area contributed by atoms with Crippen LogP contribution in [-0.4, -0.2) is 20.5 Å². The number of thioether (sulfide) groups is 1. The lowest BCUT2D eigenvalue weighted by atomic mass is 10.1. The van der Waals surface area contributed by atoms with Gasteiger partial charge in [-0.3, -0.25) is 9.69 Å². The van der Waals surface area contributed by atoms with Crippen LogP contribution in [0.25, 0.3) is 17.0 Å². The van der Waals surface area contributed by atoms with Gasteiger partial charge in [0.15, 0.2) is 5.17 Å². The normalized spacial score (nSPS) is 15.7. The minimum atomic E-state index is -0.0294. The van der Waals surface area contributed by atoms with E-state index in [1.54, 1.807) is 4.90 Å². The molecule has 0 saturated carbocycles. The van der Waals surface area contributed by atoms with Crippen molar-refractivity contribution in [3.63, 3.8) is 0 Å². The van der Waals surface area contributed by atoms with Crippen LogP contribution in [0.15, 0.2) is 130 Å². The fourth-order valence-electron chi connectivity index (χ4n) is 4.56. The van der Waals surface area contributed by atoms with Gasteiger partial charge in [-0.25, -0.2) is 4.99 Å². The molecule has 2 heterocycles. The number of benzene rings is 4. The van der Waals surface area contributed by atoms with Crippen LogP contribution < -0.4 is 0 Å². The van der Waals surface area contributed by atoms with Gasteiger partial charge in [-0.1, -0.05) is 94.8 Å². The molecule has 1 aliphatic rings. The number of hydrogen-bond donors (Lipinski definition) is 0. The van der Waals surface area contributed by atoms with Crippen molar-refractivity contribution in [2.24, 2.45) is 4.99 Å². The maximum absolute atomic E-state index is 13.7. The molecule has 0 bridgehead atoms. The highest BCUT2D eigenvalue weighted by Crippen LogP contribution is 2.36. The molecule has 0 N–H and O–H groups in total. The van der Waals surface area contributed by atoms with Gasteiger partial charge in [0.05, 0.1) is 17.1 Å². The molecule has 186 valence electrons. The first-order valence-corrected chi connectivity index (χ1v) is 14.0. The number of nitrogens with zero attached hydrogens (tertiary/aromatic N) is 3. The molecule has 0 atom stereocenters. The van der Waals surface area contributed by atoms with Crippen molar-refractivity contribution in [1.82, 2.24) is 9.47 Å². The Morgan fingerprint density at radius 1 is 0.763 bits per heavy atom. The molecule has 4 nitrogen and oxygen atoms in total. The summed E-state index contributed by atoms with van der Waals surface area (Å²) in [7, 11) is 0. The Labute approximate surface area is 234 Å². The van der Waals surface area contributed by atoms with Crippen molar-refractivity contribution >= 4 is 61.4 Å². The first kappa shape index (κ1) is 24.5. The molecule has 4 aromatic carbocycles. The molecular weight excluding hydrogens is 554 g/mol. The highest BCUT2D eigenvalue weighted by Gasteiger charge is 2.33. The number of para-hydroxylation sites is 2. The zero-order valence-electron chi connectivity index (χ0n) is 20.5. The Morgan fingerprint density at radius 3 is 2.18 bits per heavy atom. The first-order chi connectivity index (χ1) is 18.6. The number of aliphatic imine (C=N–C) groups is 1. The van der Waals surface area contributed by atoms with Crippen LogP contribution in [-0.2, 0) is 17.9 Å². The third kappa shape index (κ3) is 5.23. The molecule has 0 spiro atoms. The summed E-state index contributed by atoms with van der Waals surface area (Å²) in [5.74, 6) is -0.0294. The molecule has 6 heteroatoms. The van der Waals surface area contributed by atoms with E-state index in [0.29, 0.717) is 16.6 Å². The summed E-state index contributed by atoms with van der Waals surface area (Å²) in [6.45, 7) is 1.22. The van der Waals surface area contributed by atoms with Gasteiger partial charge in [-0.2, -0.15) is 0 Å². The van der Waals surface area contributed by atoms with Gasteiger partial charge in [0.1, 0.15) is 0 Å². The van der Waals surface area contributed by atoms with Crippen LogP contribution in [0.2, 0.25) is 0 Å². The molecule has 5 aromatic rings. The highest BCUT2D eigenvalue weighted by molar-refractivity contribution is 9.10. The van der Waals surface area contributed by atoms with E-state index in [4.69, 9.17) is 4.99 Å². The van der Waals surface area contributed by atoms with Crippen LogP contribution in [0.5, 0.6) is 0 Å². The van der Waals surface area contributed by atoms with Crippen LogP contribution in [0.1, 0.15) is 16.7 Å². The molecule has 1 fully saturated rings. The van der Waals surface area contributed by atoms with Crippen molar-refractivity contribution < 1.29 is 4.79 Å². The lowest BCUT2D eigenvalue weighted by Crippen LogP contribution is -2.28. The van der Waals surface area contributed by atoms with E-state index < -0.39 is 0 Å². The third-order valence-corrected chi connectivity index (χ3v) is 7.96. The van der Waals surface area contributed by atoms with Crippen molar-refractivity contribution in [2.45, 2.75) is 13.1 Å². The number of fused-ring (bicyclic) bond motifs is 1. The van der Waals surface area contributed by atoms with E-state index in [1.807, 2.05) is 72.8 Å². The zero-order chi connectivity index (χ0) is 25.9. The standard InChI is InChI=1S/C32H24BrN3OS/c33-26-17-15-24(16-18-26)20-35-22-25(28-13-7-8-14-29(28)35)19-30-31(37)36(21-23-9-3-1-4-10-23)32(38-30)34-27-11-5-2-6-12-27/h1-19,22H,20-21H2/b30-19+,34-32?. The van der Waals surface area contributed by atoms with Crippen LogP contribution >= 0.6 is 27.7 Å². The molecule has 1 aromatic heterocycles. The largest absolute Gasteiger partial charge is 0.342 e. The number of carbonyl (C=O) groups excluding carboxylic acids is 1. The fraction of sp³-hybridized carbons (Fsp3) is 0.0625. The van der Waals surface area contributed by atoms with Gasteiger partial charge < -0.3 is 4.57 Å². The molecule has 0 aliphatic carbocycles. The number of carbonyl (C=O) groups is 1. The number of halogens is 1. The van der Waals surface area contributed by atoms with Crippen molar-refractivity contribution in [2.75, 3.05) is 0 Å². The Hall–Kier alpha value is -3.87. The Bertz CT molecular complexity index is 1660. The van der Waals surface area contributed by atoms with E-state index in [2.05, 4.69) is 69.2 Å². The molecule has 0 unspecified atom stereocenters. The number of rotatable bonds is 6. The summed E-state index contributed by atoms with van der Waals surface area (Å²) in [5, 5.41) is 1.81. The predicted octanol–water partition coefficient (Wildman–Crippen LogP) is 8.26. The van der Waals surface area contributed by atoms with E-state index >= 15 is 0 Å². The molecule has 0 radical (unpaired) electrons. The second-order valence-electron chi connectivity index (χ2n) is 9.07. The van der Waals surface area contributed by atoms with Crippen LogP contribution in [0.4, 0.5) is 5.69 Å². The molecule has 1 saturated heterocycles. The van der Waals surface area contributed by atoms with Gasteiger partial charge in [-0.15, -0.1) is 0 Å². The maximum Gasteiger partial charge on any atom is 0.267 e.